The fourth-order valence-corrected chi connectivity index (χ4v) is 1.95. The number of halogens is 1. The fourth-order valence-electron chi connectivity index (χ4n) is 1.27. The van der Waals surface area contributed by atoms with Crippen LogP contribution in [0, 0.1) is 6.92 Å². The maximum absolute atomic E-state index is 5.82. The molecule has 3 nitrogen and oxygen atoms in total. The highest BCUT2D eigenvalue weighted by molar-refractivity contribution is 6.99. The summed E-state index contributed by atoms with van der Waals surface area (Å²) in [5, 5.41) is 3.59. The second kappa shape index (κ2) is 4.59. The zero-order chi connectivity index (χ0) is 10.7. The van der Waals surface area contributed by atoms with E-state index in [0.717, 1.165) is 18.3 Å². The van der Waals surface area contributed by atoms with E-state index < -0.39 is 0 Å². The van der Waals surface area contributed by atoms with Crippen molar-refractivity contribution in [2.75, 3.05) is 5.32 Å². The second-order valence-electron chi connectivity index (χ2n) is 3.18. The third-order valence-corrected chi connectivity index (χ3v) is 3.05. The summed E-state index contributed by atoms with van der Waals surface area (Å²) in [6.07, 6.45) is 0. The maximum Gasteiger partial charge on any atom is 0.186 e. The molecule has 1 heterocycles. The minimum Gasteiger partial charge on any atom is -0.363 e. The highest BCUT2D eigenvalue weighted by Crippen LogP contribution is 2.19. The van der Waals surface area contributed by atoms with Crippen LogP contribution >= 0.6 is 23.3 Å². The van der Waals surface area contributed by atoms with E-state index in [4.69, 9.17) is 11.6 Å². The molecule has 0 aliphatic carbocycles. The summed E-state index contributed by atoms with van der Waals surface area (Å²) in [5.74, 6) is 0.657. The van der Waals surface area contributed by atoms with Gasteiger partial charge in [0, 0.05) is 6.54 Å². The molecule has 0 atom stereocenters. The van der Waals surface area contributed by atoms with E-state index in [2.05, 4.69) is 33.1 Å². The van der Waals surface area contributed by atoms with Crippen molar-refractivity contribution >= 4 is 29.1 Å². The molecule has 0 amide bonds. The van der Waals surface area contributed by atoms with E-state index in [9.17, 15) is 0 Å². The fraction of sp³-hybridized carbons (Fsp3) is 0.200. The molecule has 0 spiro atoms. The van der Waals surface area contributed by atoms with Crippen molar-refractivity contribution in [2.24, 2.45) is 0 Å². The van der Waals surface area contributed by atoms with Crippen molar-refractivity contribution in [3.8, 4) is 0 Å². The second-order valence-corrected chi connectivity index (χ2v) is 4.07. The van der Waals surface area contributed by atoms with Gasteiger partial charge in [0.1, 0.15) is 0 Å². The summed E-state index contributed by atoms with van der Waals surface area (Å²) < 4.78 is 7.93. The van der Waals surface area contributed by atoms with E-state index >= 15 is 0 Å². The SMILES string of the molecule is Cc1ccccc1CNc1nsnc1Cl. The number of anilines is 1. The summed E-state index contributed by atoms with van der Waals surface area (Å²) in [5.41, 5.74) is 2.49. The molecule has 0 fully saturated rings. The lowest BCUT2D eigenvalue weighted by molar-refractivity contribution is 1.10. The molecular formula is C10H10ClN3S. The standard InChI is InChI=1S/C10H10ClN3S/c1-7-4-2-3-5-8(7)6-12-10-9(11)13-15-14-10/h2-5H,6H2,1H3,(H,12,14). The van der Waals surface area contributed by atoms with E-state index in [1.165, 1.54) is 11.1 Å². The number of aryl methyl sites for hydroxylation is 1. The summed E-state index contributed by atoms with van der Waals surface area (Å²) >= 11 is 6.93. The Bertz CT molecular complexity index is 455. The van der Waals surface area contributed by atoms with Crippen molar-refractivity contribution in [3.05, 3.63) is 40.5 Å². The van der Waals surface area contributed by atoms with Crippen LogP contribution in [-0.2, 0) is 6.54 Å². The summed E-state index contributed by atoms with van der Waals surface area (Å²) in [7, 11) is 0. The van der Waals surface area contributed by atoms with Gasteiger partial charge in [-0.2, -0.15) is 8.75 Å². The van der Waals surface area contributed by atoms with Crippen molar-refractivity contribution in [2.45, 2.75) is 13.5 Å². The third-order valence-electron chi connectivity index (χ3n) is 2.16. The van der Waals surface area contributed by atoms with Crippen LogP contribution in [0.2, 0.25) is 5.15 Å². The summed E-state index contributed by atoms with van der Waals surface area (Å²) in [4.78, 5) is 0. The largest absolute Gasteiger partial charge is 0.363 e. The van der Waals surface area contributed by atoms with Gasteiger partial charge in [-0.05, 0) is 18.1 Å². The number of aromatic nitrogens is 2. The quantitative estimate of drug-likeness (QED) is 0.895. The molecular weight excluding hydrogens is 230 g/mol. The van der Waals surface area contributed by atoms with Crippen LogP contribution in [0.1, 0.15) is 11.1 Å². The molecule has 0 saturated heterocycles. The van der Waals surface area contributed by atoms with Crippen molar-refractivity contribution in [1.82, 2.24) is 8.75 Å². The smallest absolute Gasteiger partial charge is 0.186 e. The first-order valence-corrected chi connectivity index (χ1v) is 5.64. The van der Waals surface area contributed by atoms with E-state index in [-0.39, 0.29) is 0 Å². The Labute approximate surface area is 97.4 Å². The first kappa shape index (κ1) is 10.4. The normalized spacial score (nSPS) is 10.3. The molecule has 0 radical (unpaired) electrons. The van der Waals surface area contributed by atoms with Crippen LogP contribution in [0.4, 0.5) is 5.82 Å². The molecule has 5 heteroatoms. The molecule has 0 bridgehead atoms. The van der Waals surface area contributed by atoms with Crippen LogP contribution < -0.4 is 5.32 Å². The third kappa shape index (κ3) is 2.46. The molecule has 1 N–H and O–H groups in total. The number of hydrogen-bond acceptors (Lipinski definition) is 4. The zero-order valence-electron chi connectivity index (χ0n) is 8.20. The number of rotatable bonds is 3. The molecule has 0 aliphatic rings. The highest BCUT2D eigenvalue weighted by Gasteiger charge is 2.04. The van der Waals surface area contributed by atoms with Gasteiger partial charge in [-0.3, -0.25) is 0 Å². The van der Waals surface area contributed by atoms with Gasteiger partial charge in [-0.15, -0.1) is 0 Å². The maximum atomic E-state index is 5.82. The van der Waals surface area contributed by atoms with E-state index in [1.807, 2.05) is 12.1 Å². The van der Waals surface area contributed by atoms with Gasteiger partial charge in [0.05, 0.1) is 11.7 Å². The number of nitrogens with one attached hydrogen (secondary N) is 1. The first-order chi connectivity index (χ1) is 7.27. The van der Waals surface area contributed by atoms with Gasteiger partial charge in [-0.1, -0.05) is 35.9 Å². The number of benzene rings is 1. The van der Waals surface area contributed by atoms with E-state index in [0.29, 0.717) is 11.0 Å². The Kier molecular flexibility index (Phi) is 3.18. The molecule has 2 rings (SSSR count). The van der Waals surface area contributed by atoms with Crippen LogP contribution in [0.15, 0.2) is 24.3 Å². The van der Waals surface area contributed by atoms with Gasteiger partial charge >= 0.3 is 0 Å². The van der Waals surface area contributed by atoms with Crippen LogP contribution in [-0.4, -0.2) is 8.75 Å². The average molecular weight is 240 g/mol. The minimum absolute atomic E-state index is 0.439. The Morgan fingerprint density at radius 3 is 2.80 bits per heavy atom. The highest BCUT2D eigenvalue weighted by atomic mass is 35.5. The summed E-state index contributed by atoms with van der Waals surface area (Å²) in [6.45, 7) is 2.80. The van der Waals surface area contributed by atoms with Gasteiger partial charge < -0.3 is 5.32 Å². The predicted molar refractivity (Wildman–Crippen MR) is 63.4 cm³/mol. The molecule has 1 aromatic carbocycles. The van der Waals surface area contributed by atoms with E-state index in [1.54, 1.807) is 0 Å². The van der Waals surface area contributed by atoms with Gasteiger partial charge in [-0.25, -0.2) is 0 Å². The number of nitrogens with zero attached hydrogens (tertiary/aromatic N) is 2. The Morgan fingerprint density at radius 2 is 2.13 bits per heavy atom. The van der Waals surface area contributed by atoms with Gasteiger partial charge in [0.2, 0.25) is 0 Å². The predicted octanol–water partition coefficient (Wildman–Crippen LogP) is 3.11. The minimum atomic E-state index is 0.439. The monoisotopic (exact) mass is 239 g/mol. The number of hydrogen-bond donors (Lipinski definition) is 1. The van der Waals surface area contributed by atoms with Crippen LogP contribution in [0.5, 0.6) is 0 Å². The Morgan fingerprint density at radius 1 is 1.33 bits per heavy atom. The topological polar surface area (TPSA) is 37.8 Å². The van der Waals surface area contributed by atoms with Crippen LogP contribution in [0.3, 0.4) is 0 Å². The van der Waals surface area contributed by atoms with Crippen molar-refractivity contribution in [1.29, 1.82) is 0 Å². The Balaban J connectivity index is 2.06. The molecule has 78 valence electrons. The zero-order valence-corrected chi connectivity index (χ0v) is 9.77. The first-order valence-electron chi connectivity index (χ1n) is 4.54. The lowest BCUT2D eigenvalue weighted by Crippen LogP contribution is -2.01. The van der Waals surface area contributed by atoms with Gasteiger partial charge in [0.25, 0.3) is 0 Å². The van der Waals surface area contributed by atoms with Crippen LogP contribution in [0.25, 0.3) is 0 Å². The molecule has 0 saturated carbocycles. The van der Waals surface area contributed by atoms with Crippen molar-refractivity contribution in [3.63, 3.8) is 0 Å². The molecule has 0 aliphatic heterocycles. The summed E-state index contributed by atoms with van der Waals surface area (Å²) in [6, 6.07) is 8.20. The lowest BCUT2D eigenvalue weighted by Gasteiger charge is -2.06. The average Bonchev–Trinajstić information content (AvgIpc) is 2.63. The molecule has 15 heavy (non-hydrogen) atoms. The molecule has 2 aromatic rings. The van der Waals surface area contributed by atoms with Crippen molar-refractivity contribution < 1.29 is 0 Å². The lowest BCUT2D eigenvalue weighted by atomic mass is 10.1. The molecule has 1 aromatic heterocycles. The molecule has 0 unspecified atom stereocenters. The Hall–Kier alpha value is -1.13. The van der Waals surface area contributed by atoms with Gasteiger partial charge in [0.15, 0.2) is 11.0 Å².